The number of hydrogen-bond acceptors (Lipinski definition) is 3. The van der Waals surface area contributed by atoms with Gasteiger partial charge in [-0.25, -0.2) is 0 Å². The molecule has 7 heteroatoms. The molecule has 1 aromatic heterocycles. The predicted octanol–water partition coefficient (Wildman–Crippen LogP) is 2.23. The fourth-order valence-corrected chi connectivity index (χ4v) is 2.02. The molecule has 0 unspecified atom stereocenters. The third-order valence-electron chi connectivity index (χ3n) is 3.04. The molecule has 1 atom stereocenters. The van der Waals surface area contributed by atoms with E-state index in [2.05, 4.69) is 10.4 Å². The van der Waals surface area contributed by atoms with E-state index >= 15 is 0 Å². The molecule has 1 aromatic carbocycles. The standard InChI is InChI=1S/C14H16F3N3O/c15-14(16,17)12-5-2-1-4-11(12)13(21)10-18-7-9-20-8-3-6-19-20/h1-6,8,13,18,21H,7,9-10H2/t13-/m1/s1. The second-order valence-electron chi connectivity index (χ2n) is 4.57. The Balaban J connectivity index is 1.90. The van der Waals surface area contributed by atoms with E-state index in [1.807, 2.05) is 0 Å². The van der Waals surface area contributed by atoms with Crippen LogP contribution in [0.2, 0.25) is 0 Å². The van der Waals surface area contributed by atoms with Crippen molar-refractivity contribution in [1.82, 2.24) is 15.1 Å². The van der Waals surface area contributed by atoms with Crippen LogP contribution >= 0.6 is 0 Å². The molecule has 0 aliphatic heterocycles. The van der Waals surface area contributed by atoms with Gasteiger partial charge in [-0.2, -0.15) is 18.3 Å². The van der Waals surface area contributed by atoms with Crippen LogP contribution in [0.3, 0.4) is 0 Å². The second-order valence-corrected chi connectivity index (χ2v) is 4.57. The molecule has 1 heterocycles. The van der Waals surface area contributed by atoms with Crippen LogP contribution in [0.25, 0.3) is 0 Å². The van der Waals surface area contributed by atoms with Crippen LogP contribution in [0.1, 0.15) is 17.2 Å². The summed E-state index contributed by atoms with van der Waals surface area (Å²) >= 11 is 0. The van der Waals surface area contributed by atoms with E-state index in [9.17, 15) is 18.3 Å². The Hall–Kier alpha value is -1.86. The third-order valence-corrected chi connectivity index (χ3v) is 3.04. The molecule has 0 bridgehead atoms. The van der Waals surface area contributed by atoms with Crippen LogP contribution in [0.4, 0.5) is 13.2 Å². The van der Waals surface area contributed by atoms with E-state index in [0.29, 0.717) is 13.1 Å². The first kappa shape index (κ1) is 15.5. The minimum Gasteiger partial charge on any atom is -0.387 e. The van der Waals surface area contributed by atoms with Crippen molar-refractivity contribution in [2.75, 3.05) is 13.1 Å². The van der Waals surface area contributed by atoms with Gasteiger partial charge in [0.1, 0.15) is 0 Å². The van der Waals surface area contributed by atoms with E-state index in [4.69, 9.17) is 0 Å². The molecular weight excluding hydrogens is 283 g/mol. The molecule has 0 aliphatic carbocycles. The highest BCUT2D eigenvalue weighted by atomic mass is 19.4. The zero-order valence-corrected chi connectivity index (χ0v) is 11.2. The molecule has 0 fully saturated rings. The number of benzene rings is 1. The largest absolute Gasteiger partial charge is 0.416 e. The first-order chi connectivity index (χ1) is 9.98. The maximum atomic E-state index is 12.8. The number of hydrogen-bond donors (Lipinski definition) is 2. The first-order valence-electron chi connectivity index (χ1n) is 6.51. The monoisotopic (exact) mass is 299 g/mol. The Labute approximate surface area is 120 Å². The number of aliphatic hydroxyl groups excluding tert-OH is 1. The summed E-state index contributed by atoms with van der Waals surface area (Å²) in [5, 5.41) is 16.9. The lowest BCUT2D eigenvalue weighted by Crippen LogP contribution is -2.26. The normalized spacial score (nSPS) is 13.3. The van der Waals surface area contributed by atoms with E-state index in [-0.39, 0.29) is 12.1 Å². The Kier molecular flexibility index (Phi) is 4.98. The van der Waals surface area contributed by atoms with Crippen molar-refractivity contribution < 1.29 is 18.3 Å². The van der Waals surface area contributed by atoms with Gasteiger partial charge in [-0.3, -0.25) is 4.68 Å². The summed E-state index contributed by atoms with van der Waals surface area (Å²) in [6, 6.07) is 6.85. The van der Waals surface area contributed by atoms with Gasteiger partial charge in [0.15, 0.2) is 0 Å². The lowest BCUT2D eigenvalue weighted by molar-refractivity contribution is -0.139. The number of rotatable bonds is 6. The van der Waals surface area contributed by atoms with Crippen LogP contribution in [0.5, 0.6) is 0 Å². The molecular formula is C14H16F3N3O. The van der Waals surface area contributed by atoms with E-state index in [1.165, 1.54) is 18.2 Å². The lowest BCUT2D eigenvalue weighted by atomic mass is 10.0. The van der Waals surface area contributed by atoms with Crippen LogP contribution in [-0.4, -0.2) is 28.0 Å². The van der Waals surface area contributed by atoms with Crippen molar-refractivity contribution in [3.63, 3.8) is 0 Å². The summed E-state index contributed by atoms with van der Waals surface area (Å²) < 4.78 is 40.2. The summed E-state index contributed by atoms with van der Waals surface area (Å²) in [6.45, 7) is 1.14. The molecule has 2 N–H and O–H groups in total. The Bertz CT molecular complexity index is 555. The number of nitrogens with zero attached hydrogens (tertiary/aromatic N) is 2. The van der Waals surface area contributed by atoms with Gasteiger partial charge in [-0.1, -0.05) is 18.2 Å². The van der Waals surface area contributed by atoms with Gasteiger partial charge in [0, 0.05) is 25.5 Å². The molecule has 0 saturated carbocycles. The van der Waals surface area contributed by atoms with Gasteiger partial charge in [0.25, 0.3) is 0 Å². The van der Waals surface area contributed by atoms with Crippen LogP contribution < -0.4 is 5.32 Å². The number of nitrogens with one attached hydrogen (secondary N) is 1. The zero-order valence-electron chi connectivity index (χ0n) is 11.2. The average Bonchev–Trinajstić information content (AvgIpc) is 2.95. The summed E-state index contributed by atoms with van der Waals surface area (Å²) in [6.07, 6.45) is -2.24. The highest BCUT2D eigenvalue weighted by molar-refractivity contribution is 5.31. The van der Waals surface area contributed by atoms with Crippen LogP contribution in [0.15, 0.2) is 42.7 Å². The lowest BCUT2D eigenvalue weighted by Gasteiger charge is -2.18. The molecule has 4 nitrogen and oxygen atoms in total. The minimum atomic E-state index is -4.47. The smallest absolute Gasteiger partial charge is 0.387 e. The Morgan fingerprint density at radius 3 is 2.67 bits per heavy atom. The van der Waals surface area contributed by atoms with Crippen molar-refractivity contribution in [1.29, 1.82) is 0 Å². The van der Waals surface area contributed by atoms with Crippen molar-refractivity contribution >= 4 is 0 Å². The van der Waals surface area contributed by atoms with Crippen molar-refractivity contribution in [3.05, 3.63) is 53.9 Å². The summed E-state index contributed by atoms with van der Waals surface area (Å²) in [4.78, 5) is 0. The quantitative estimate of drug-likeness (QED) is 0.804. The SMILES string of the molecule is O[C@H](CNCCn1cccn1)c1ccccc1C(F)(F)F. The van der Waals surface area contributed by atoms with Gasteiger partial charge in [0.2, 0.25) is 0 Å². The fraction of sp³-hybridized carbons (Fsp3) is 0.357. The highest BCUT2D eigenvalue weighted by Crippen LogP contribution is 2.34. The van der Waals surface area contributed by atoms with Crippen LogP contribution in [0, 0.1) is 0 Å². The predicted molar refractivity (Wildman–Crippen MR) is 71.5 cm³/mol. The summed E-state index contributed by atoms with van der Waals surface area (Å²) in [5.41, 5.74) is -0.914. The number of halogens is 3. The van der Waals surface area contributed by atoms with Crippen LogP contribution in [-0.2, 0) is 12.7 Å². The second kappa shape index (κ2) is 6.73. The molecule has 0 aliphatic rings. The molecule has 0 spiro atoms. The third kappa shape index (κ3) is 4.30. The minimum absolute atomic E-state index is 0.0500. The summed E-state index contributed by atoms with van der Waals surface area (Å²) in [5.74, 6) is 0. The average molecular weight is 299 g/mol. The van der Waals surface area contributed by atoms with E-state index < -0.39 is 17.8 Å². The topological polar surface area (TPSA) is 50.1 Å². The number of aliphatic hydroxyl groups is 1. The van der Waals surface area contributed by atoms with Gasteiger partial charge in [-0.15, -0.1) is 0 Å². The molecule has 0 radical (unpaired) electrons. The first-order valence-corrected chi connectivity index (χ1v) is 6.51. The zero-order chi connectivity index (χ0) is 15.3. The Morgan fingerprint density at radius 2 is 2.00 bits per heavy atom. The number of alkyl halides is 3. The van der Waals surface area contributed by atoms with Gasteiger partial charge >= 0.3 is 6.18 Å². The van der Waals surface area contributed by atoms with Crippen molar-refractivity contribution in [2.45, 2.75) is 18.8 Å². The maximum absolute atomic E-state index is 12.8. The number of aromatic nitrogens is 2. The van der Waals surface area contributed by atoms with E-state index in [0.717, 1.165) is 6.07 Å². The maximum Gasteiger partial charge on any atom is 0.416 e. The molecule has 0 amide bonds. The fourth-order valence-electron chi connectivity index (χ4n) is 2.02. The Morgan fingerprint density at radius 1 is 1.24 bits per heavy atom. The highest BCUT2D eigenvalue weighted by Gasteiger charge is 2.34. The summed E-state index contributed by atoms with van der Waals surface area (Å²) in [7, 11) is 0. The molecule has 21 heavy (non-hydrogen) atoms. The van der Waals surface area contributed by atoms with E-state index in [1.54, 1.807) is 23.1 Å². The molecule has 114 valence electrons. The van der Waals surface area contributed by atoms with Crippen molar-refractivity contribution in [3.8, 4) is 0 Å². The molecule has 2 rings (SSSR count). The van der Waals surface area contributed by atoms with Gasteiger partial charge < -0.3 is 10.4 Å². The van der Waals surface area contributed by atoms with Gasteiger partial charge in [0.05, 0.1) is 18.2 Å². The van der Waals surface area contributed by atoms with Crippen molar-refractivity contribution in [2.24, 2.45) is 0 Å². The van der Waals surface area contributed by atoms with Gasteiger partial charge in [-0.05, 0) is 17.7 Å². The molecule has 2 aromatic rings. The molecule has 0 saturated heterocycles.